The minimum Gasteiger partial charge on any atom is -0.329 e. The number of thioether (sulfide) groups is 1. The molecule has 0 amide bonds. The Labute approximate surface area is 91.6 Å². The molecular weight excluding hydrogens is 192 g/mol. The summed E-state index contributed by atoms with van der Waals surface area (Å²) in [4.78, 5) is 2.66. The van der Waals surface area contributed by atoms with Crippen LogP contribution in [0.2, 0.25) is 0 Å². The lowest BCUT2D eigenvalue weighted by atomic mass is 9.97. The van der Waals surface area contributed by atoms with E-state index in [1.54, 1.807) is 0 Å². The molecule has 2 fully saturated rings. The summed E-state index contributed by atoms with van der Waals surface area (Å²) in [6, 6.07) is 1.44. The summed E-state index contributed by atoms with van der Waals surface area (Å²) in [5.74, 6) is 3.56. The number of rotatable bonds is 3. The molecule has 0 saturated carbocycles. The van der Waals surface area contributed by atoms with E-state index in [4.69, 9.17) is 5.73 Å². The van der Waals surface area contributed by atoms with Gasteiger partial charge in [-0.2, -0.15) is 11.8 Å². The van der Waals surface area contributed by atoms with Crippen LogP contribution in [0.25, 0.3) is 0 Å². The first kappa shape index (κ1) is 10.8. The van der Waals surface area contributed by atoms with Gasteiger partial charge >= 0.3 is 0 Å². The molecule has 0 aromatic rings. The predicted octanol–water partition coefficient (Wildman–Crippen LogP) is 1.55. The van der Waals surface area contributed by atoms with E-state index in [0.717, 1.165) is 18.5 Å². The van der Waals surface area contributed by atoms with Crippen LogP contribution in [0.4, 0.5) is 0 Å². The quantitative estimate of drug-likeness (QED) is 0.773. The lowest BCUT2D eigenvalue weighted by Crippen LogP contribution is -2.47. The first-order chi connectivity index (χ1) is 6.83. The van der Waals surface area contributed by atoms with E-state index < -0.39 is 0 Å². The predicted molar refractivity (Wildman–Crippen MR) is 63.7 cm³/mol. The van der Waals surface area contributed by atoms with Crippen molar-refractivity contribution in [2.24, 2.45) is 11.7 Å². The van der Waals surface area contributed by atoms with Gasteiger partial charge in [-0.15, -0.1) is 0 Å². The summed E-state index contributed by atoms with van der Waals surface area (Å²) in [6.45, 7) is 4.50. The molecule has 2 nitrogen and oxygen atoms in total. The van der Waals surface area contributed by atoms with Gasteiger partial charge in [0.15, 0.2) is 0 Å². The molecule has 0 aromatic carbocycles. The van der Waals surface area contributed by atoms with E-state index in [1.807, 2.05) is 0 Å². The van der Waals surface area contributed by atoms with Crippen molar-refractivity contribution < 1.29 is 0 Å². The third kappa shape index (κ3) is 2.10. The molecule has 3 heteroatoms. The van der Waals surface area contributed by atoms with Crippen LogP contribution in [0, 0.1) is 5.92 Å². The zero-order valence-electron chi connectivity index (χ0n) is 9.11. The van der Waals surface area contributed by atoms with E-state index in [1.165, 1.54) is 37.3 Å². The molecule has 0 bridgehead atoms. The van der Waals surface area contributed by atoms with Gasteiger partial charge in [0.25, 0.3) is 0 Å². The van der Waals surface area contributed by atoms with Gasteiger partial charge in [-0.1, -0.05) is 0 Å². The van der Waals surface area contributed by atoms with Crippen LogP contribution in [-0.2, 0) is 0 Å². The van der Waals surface area contributed by atoms with Gasteiger partial charge in [0.2, 0.25) is 0 Å². The smallest absolute Gasteiger partial charge is 0.0257 e. The summed E-state index contributed by atoms with van der Waals surface area (Å²) in [7, 11) is 0. The fraction of sp³-hybridized carbons (Fsp3) is 1.00. The van der Waals surface area contributed by atoms with E-state index >= 15 is 0 Å². The summed E-state index contributed by atoms with van der Waals surface area (Å²) in [6.07, 6.45) is 4.13. The molecule has 2 aliphatic rings. The highest BCUT2D eigenvalue weighted by Crippen LogP contribution is 2.31. The van der Waals surface area contributed by atoms with Crippen molar-refractivity contribution in [3.63, 3.8) is 0 Å². The molecule has 2 heterocycles. The largest absolute Gasteiger partial charge is 0.329 e. The second-order valence-corrected chi connectivity index (χ2v) is 5.81. The number of nitrogens with two attached hydrogens (primary N) is 1. The molecule has 0 aromatic heterocycles. The van der Waals surface area contributed by atoms with Crippen LogP contribution >= 0.6 is 11.8 Å². The first-order valence-corrected chi connectivity index (χ1v) is 7.02. The standard InChI is InChI=1S/C11H22N2S/c1-9-3-2-5-13(9)11(7-12)10-4-6-14-8-10/h9-11H,2-8,12H2,1H3. The van der Waals surface area contributed by atoms with Crippen molar-refractivity contribution in [1.29, 1.82) is 0 Å². The minimum absolute atomic E-state index is 0.669. The van der Waals surface area contributed by atoms with E-state index in [2.05, 4.69) is 23.6 Å². The highest BCUT2D eigenvalue weighted by molar-refractivity contribution is 7.99. The van der Waals surface area contributed by atoms with Crippen molar-refractivity contribution in [3.8, 4) is 0 Å². The van der Waals surface area contributed by atoms with E-state index in [-0.39, 0.29) is 0 Å². The fourth-order valence-corrected chi connectivity index (χ4v) is 4.23. The third-order valence-corrected chi connectivity index (χ3v) is 4.97. The molecule has 2 aliphatic heterocycles. The van der Waals surface area contributed by atoms with Gasteiger partial charge in [0.05, 0.1) is 0 Å². The molecular formula is C11H22N2S. The molecule has 2 N–H and O–H groups in total. The Kier molecular flexibility index (Phi) is 3.74. The van der Waals surface area contributed by atoms with Gasteiger partial charge in [-0.05, 0) is 50.2 Å². The average Bonchev–Trinajstić information content (AvgIpc) is 2.80. The number of hydrogen-bond acceptors (Lipinski definition) is 3. The summed E-state index contributed by atoms with van der Waals surface area (Å²) in [5, 5.41) is 0. The molecule has 2 rings (SSSR count). The zero-order valence-corrected chi connectivity index (χ0v) is 9.93. The van der Waals surface area contributed by atoms with Gasteiger partial charge in [0.1, 0.15) is 0 Å². The maximum absolute atomic E-state index is 5.94. The van der Waals surface area contributed by atoms with Crippen molar-refractivity contribution in [1.82, 2.24) is 4.90 Å². The normalized spacial score (nSPS) is 36.4. The molecule has 3 unspecified atom stereocenters. The Hall–Kier alpha value is 0.270. The van der Waals surface area contributed by atoms with Gasteiger partial charge in [0, 0.05) is 18.6 Å². The Bertz CT molecular complexity index is 180. The Balaban J connectivity index is 1.96. The molecule has 3 atom stereocenters. The topological polar surface area (TPSA) is 29.3 Å². The van der Waals surface area contributed by atoms with E-state index in [9.17, 15) is 0 Å². The minimum atomic E-state index is 0.669. The zero-order chi connectivity index (χ0) is 9.97. The molecule has 0 aliphatic carbocycles. The third-order valence-electron chi connectivity index (χ3n) is 3.78. The highest BCUT2D eigenvalue weighted by atomic mass is 32.2. The van der Waals surface area contributed by atoms with Crippen LogP contribution in [0.1, 0.15) is 26.2 Å². The molecule has 0 radical (unpaired) electrons. The van der Waals surface area contributed by atoms with Crippen molar-refractivity contribution >= 4 is 11.8 Å². The van der Waals surface area contributed by atoms with Gasteiger partial charge < -0.3 is 5.73 Å². The second-order valence-electron chi connectivity index (χ2n) is 4.66. The van der Waals surface area contributed by atoms with Gasteiger partial charge in [-0.25, -0.2) is 0 Å². The molecule has 82 valence electrons. The number of nitrogens with zero attached hydrogens (tertiary/aromatic N) is 1. The monoisotopic (exact) mass is 214 g/mol. The second kappa shape index (κ2) is 4.86. The van der Waals surface area contributed by atoms with Gasteiger partial charge in [-0.3, -0.25) is 4.90 Å². The lowest BCUT2D eigenvalue weighted by Gasteiger charge is -2.34. The summed E-state index contributed by atoms with van der Waals surface area (Å²) >= 11 is 2.10. The maximum atomic E-state index is 5.94. The van der Waals surface area contributed by atoms with Crippen LogP contribution in [-0.4, -0.2) is 41.6 Å². The van der Waals surface area contributed by atoms with Crippen molar-refractivity contribution in [3.05, 3.63) is 0 Å². The number of likely N-dealkylation sites (tertiary alicyclic amines) is 1. The van der Waals surface area contributed by atoms with Crippen LogP contribution in [0.15, 0.2) is 0 Å². The molecule has 0 spiro atoms. The van der Waals surface area contributed by atoms with Crippen LogP contribution in [0.3, 0.4) is 0 Å². The average molecular weight is 214 g/mol. The summed E-state index contributed by atoms with van der Waals surface area (Å²) in [5.41, 5.74) is 5.94. The fourth-order valence-electron chi connectivity index (χ4n) is 2.90. The maximum Gasteiger partial charge on any atom is 0.0257 e. The molecule has 2 saturated heterocycles. The Morgan fingerprint density at radius 1 is 1.50 bits per heavy atom. The molecule has 14 heavy (non-hydrogen) atoms. The van der Waals surface area contributed by atoms with Crippen LogP contribution < -0.4 is 5.73 Å². The highest BCUT2D eigenvalue weighted by Gasteiger charge is 2.33. The number of hydrogen-bond donors (Lipinski definition) is 1. The Morgan fingerprint density at radius 3 is 2.86 bits per heavy atom. The van der Waals surface area contributed by atoms with Crippen LogP contribution in [0.5, 0.6) is 0 Å². The van der Waals surface area contributed by atoms with Crippen molar-refractivity contribution in [2.75, 3.05) is 24.6 Å². The Morgan fingerprint density at radius 2 is 2.36 bits per heavy atom. The SMILES string of the molecule is CC1CCCN1C(CN)C1CCSC1. The van der Waals surface area contributed by atoms with E-state index in [0.29, 0.717) is 6.04 Å². The van der Waals surface area contributed by atoms with Crippen molar-refractivity contribution in [2.45, 2.75) is 38.3 Å². The lowest BCUT2D eigenvalue weighted by molar-refractivity contribution is 0.149. The first-order valence-electron chi connectivity index (χ1n) is 5.86. The summed E-state index contributed by atoms with van der Waals surface area (Å²) < 4.78 is 0.